The monoisotopic (exact) mass is 476 g/mol. The number of nitrogens with one attached hydrogen (secondary N) is 1. The van der Waals surface area contributed by atoms with E-state index in [4.69, 9.17) is 4.74 Å². The predicted octanol–water partition coefficient (Wildman–Crippen LogP) is 3.26. The molecule has 1 aliphatic rings. The molecule has 1 heterocycles. The lowest BCUT2D eigenvalue weighted by Crippen LogP contribution is -2.41. The van der Waals surface area contributed by atoms with Crippen molar-refractivity contribution in [3.63, 3.8) is 0 Å². The highest BCUT2D eigenvalue weighted by Gasteiger charge is 2.33. The van der Waals surface area contributed by atoms with Gasteiger partial charge in [0.15, 0.2) is 6.61 Å². The van der Waals surface area contributed by atoms with E-state index < -0.39 is 34.4 Å². The van der Waals surface area contributed by atoms with Gasteiger partial charge >= 0.3 is 5.97 Å². The zero-order valence-electron chi connectivity index (χ0n) is 19.0. The van der Waals surface area contributed by atoms with Gasteiger partial charge in [0.25, 0.3) is 5.91 Å². The Morgan fingerprint density at radius 3 is 2.33 bits per heavy atom. The summed E-state index contributed by atoms with van der Waals surface area (Å²) >= 11 is 0. The van der Waals surface area contributed by atoms with E-state index >= 15 is 0 Å². The number of esters is 1. The Hall–Kier alpha value is -2.78. The van der Waals surface area contributed by atoms with Crippen LogP contribution in [0, 0.1) is 25.6 Å². The number of sulfonamides is 1. The van der Waals surface area contributed by atoms with Crippen molar-refractivity contribution >= 4 is 21.9 Å². The minimum atomic E-state index is -3.63. The third-order valence-corrected chi connectivity index (χ3v) is 7.89. The molecule has 9 heteroatoms. The highest BCUT2D eigenvalue weighted by atomic mass is 32.2. The van der Waals surface area contributed by atoms with E-state index in [0.717, 1.165) is 16.7 Å². The minimum absolute atomic E-state index is 0.211. The number of carbonyl (C=O) groups is 2. The summed E-state index contributed by atoms with van der Waals surface area (Å²) in [4.78, 5) is 24.8. The van der Waals surface area contributed by atoms with E-state index in [-0.39, 0.29) is 29.8 Å². The number of piperidine rings is 1. The van der Waals surface area contributed by atoms with Crippen molar-refractivity contribution in [1.29, 1.82) is 0 Å². The Kier molecular flexibility index (Phi) is 7.86. The topological polar surface area (TPSA) is 92.8 Å². The van der Waals surface area contributed by atoms with Crippen LogP contribution in [0.15, 0.2) is 47.4 Å². The average Bonchev–Trinajstić information content (AvgIpc) is 2.79. The molecule has 7 nitrogen and oxygen atoms in total. The fourth-order valence-electron chi connectivity index (χ4n) is 3.73. The Bertz CT molecular complexity index is 1110. The van der Waals surface area contributed by atoms with Gasteiger partial charge in [0.1, 0.15) is 5.82 Å². The molecular weight excluding hydrogens is 447 g/mol. The largest absolute Gasteiger partial charge is 0.455 e. The Morgan fingerprint density at radius 1 is 1.09 bits per heavy atom. The average molecular weight is 477 g/mol. The third-order valence-electron chi connectivity index (χ3n) is 6.00. The van der Waals surface area contributed by atoms with Crippen molar-refractivity contribution in [2.75, 3.05) is 19.7 Å². The molecule has 2 aromatic rings. The fourth-order valence-corrected chi connectivity index (χ4v) is 5.28. The van der Waals surface area contributed by atoms with Gasteiger partial charge in [0, 0.05) is 13.1 Å². The second-order valence-electron chi connectivity index (χ2n) is 8.37. The maximum atomic E-state index is 13.0. The summed E-state index contributed by atoms with van der Waals surface area (Å²) in [5.41, 5.74) is 2.65. The van der Waals surface area contributed by atoms with Crippen molar-refractivity contribution in [1.82, 2.24) is 9.62 Å². The zero-order valence-corrected chi connectivity index (χ0v) is 19.8. The maximum Gasteiger partial charge on any atom is 0.309 e. The molecule has 0 aliphatic carbocycles. The number of hydrogen-bond donors (Lipinski definition) is 1. The number of halogens is 1. The second-order valence-corrected chi connectivity index (χ2v) is 10.3. The quantitative estimate of drug-likeness (QED) is 0.620. The van der Waals surface area contributed by atoms with Crippen molar-refractivity contribution in [2.24, 2.45) is 5.92 Å². The van der Waals surface area contributed by atoms with Crippen LogP contribution in [-0.2, 0) is 24.3 Å². The van der Waals surface area contributed by atoms with Gasteiger partial charge in [-0.15, -0.1) is 0 Å². The zero-order chi connectivity index (χ0) is 24.2. The van der Waals surface area contributed by atoms with Gasteiger partial charge < -0.3 is 10.1 Å². The lowest BCUT2D eigenvalue weighted by molar-refractivity contribution is -0.153. The fraction of sp³-hybridized carbons (Fsp3) is 0.417. The van der Waals surface area contributed by atoms with Crippen LogP contribution in [-0.4, -0.2) is 44.3 Å². The first-order valence-corrected chi connectivity index (χ1v) is 12.3. The lowest BCUT2D eigenvalue weighted by atomic mass is 9.98. The van der Waals surface area contributed by atoms with Gasteiger partial charge in [0.2, 0.25) is 10.0 Å². The van der Waals surface area contributed by atoms with Crippen LogP contribution in [0.25, 0.3) is 0 Å². The van der Waals surface area contributed by atoms with E-state index in [0.29, 0.717) is 12.8 Å². The van der Waals surface area contributed by atoms with Crippen molar-refractivity contribution in [2.45, 2.75) is 44.6 Å². The Morgan fingerprint density at radius 2 is 1.73 bits per heavy atom. The number of nitrogens with zero attached hydrogens (tertiary/aromatic N) is 1. The first-order chi connectivity index (χ1) is 15.6. The maximum absolute atomic E-state index is 13.0. The molecule has 0 spiro atoms. The van der Waals surface area contributed by atoms with Crippen LogP contribution in [0.1, 0.15) is 42.5 Å². The van der Waals surface area contributed by atoms with Crippen LogP contribution in [0.2, 0.25) is 0 Å². The molecular formula is C24H29FN2O5S. The molecule has 1 saturated heterocycles. The third kappa shape index (κ3) is 6.17. The molecule has 3 rings (SSSR count). The van der Waals surface area contributed by atoms with Crippen LogP contribution in [0.3, 0.4) is 0 Å². The highest BCUT2D eigenvalue weighted by molar-refractivity contribution is 7.89. The van der Waals surface area contributed by atoms with E-state index in [1.807, 2.05) is 13.8 Å². The number of benzene rings is 2. The summed E-state index contributed by atoms with van der Waals surface area (Å²) in [5.74, 6) is -1.80. The summed E-state index contributed by atoms with van der Waals surface area (Å²) in [6, 6.07) is 10.5. The number of ether oxygens (including phenoxy) is 1. The summed E-state index contributed by atoms with van der Waals surface area (Å²) in [6.07, 6.45) is 0.660. The van der Waals surface area contributed by atoms with E-state index in [2.05, 4.69) is 5.32 Å². The van der Waals surface area contributed by atoms with Crippen LogP contribution >= 0.6 is 0 Å². The number of aryl methyl sites for hydroxylation is 2. The van der Waals surface area contributed by atoms with Crippen molar-refractivity contribution in [3.05, 3.63) is 65.0 Å². The number of rotatable bonds is 7. The van der Waals surface area contributed by atoms with Gasteiger partial charge in [-0.25, -0.2) is 12.8 Å². The summed E-state index contributed by atoms with van der Waals surface area (Å²) in [5, 5.41) is 2.70. The van der Waals surface area contributed by atoms with Crippen LogP contribution in [0.4, 0.5) is 4.39 Å². The summed E-state index contributed by atoms with van der Waals surface area (Å²) in [6.45, 7) is 5.54. The van der Waals surface area contributed by atoms with Crippen molar-refractivity contribution in [3.8, 4) is 0 Å². The molecule has 1 N–H and O–H groups in total. The Balaban J connectivity index is 1.47. The lowest BCUT2D eigenvalue weighted by Gasteiger charge is -2.30. The highest BCUT2D eigenvalue weighted by Crippen LogP contribution is 2.25. The van der Waals surface area contributed by atoms with Gasteiger partial charge in [0.05, 0.1) is 16.9 Å². The Labute approximate surface area is 194 Å². The molecule has 2 aromatic carbocycles. The molecule has 178 valence electrons. The second kappa shape index (κ2) is 10.4. The standard InChI is InChI=1S/C24H29FN2O5S/c1-16-4-9-22(14-17(16)2)33(30,31)27-12-10-20(11-13-27)24(29)32-15-23(28)26-18(3)19-5-7-21(25)8-6-19/h4-9,14,18,20H,10-13,15H2,1-3H3,(H,26,28)/t18-/m0/s1. The van der Waals surface area contributed by atoms with Gasteiger partial charge in [-0.05, 0) is 74.6 Å². The van der Waals surface area contributed by atoms with E-state index in [1.165, 1.54) is 16.4 Å². The molecule has 0 aromatic heterocycles. The molecule has 1 atom stereocenters. The van der Waals surface area contributed by atoms with Gasteiger partial charge in [-0.2, -0.15) is 4.31 Å². The molecule has 1 amide bonds. The summed E-state index contributed by atoms with van der Waals surface area (Å²) < 4.78 is 45.4. The van der Waals surface area contributed by atoms with Crippen LogP contribution < -0.4 is 5.32 Å². The predicted molar refractivity (Wildman–Crippen MR) is 121 cm³/mol. The molecule has 0 saturated carbocycles. The normalized spacial score (nSPS) is 16.2. The molecule has 33 heavy (non-hydrogen) atoms. The van der Waals surface area contributed by atoms with E-state index in [1.54, 1.807) is 37.3 Å². The first kappa shape index (κ1) is 24.9. The molecule has 1 aliphatic heterocycles. The van der Waals surface area contributed by atoms with E-state index in [9.17, 15) is 22.4 Å². The number of carbonyl (C=O) groups excluding carboxylic acids is 2. The van der Waals surface area contributed by atoms with Crippen LogP contribution in [0.5, 0.6) is 0 Å². The molecule has 0 bridgehead atoms. The molecule has 1 fully saturated rings. The summed E-state index contributed by atoms with van der Waals surface area (Å²) in [7, 11) is -3.63. The number of hydrogen-bond acceptors (Lipinski definition) is 5. The minimum Gasteiger partial charge on any atom is -0.455 e. The van der Waals surface area contributed by atoms with Crippen molar-refractivity contribution < 1.29 is 27.1 Å². The first-order valence-electron chi connectivity index (χ1n) is 10.9. The molecule has 0 radical (unpaired) electrons. The van der Waals surface area contributed by atoms with Gasteiger partial charge in [-0.3, -0.25) is 9.59 Å². The van der Waals surface area contributed by atoms with Gasteiger partial charge in [-0.1, -0.05) is 18.2 Å². The molecule has 0 unspecified atom stereocenters. The smallest absolute Gasteiger partial charge is 0.309 e. The SMILES string of the molecule is Cc1ccc(S(=O)(=O)N2CCC(C(=O)OCC(=O)N[C@@H](C)c3ccc(F)cc3)CC2)cc1C. The number of amides is 1.